The van der Waals surface area contributed by atoms with Gasteiger partial charge in [-0.1, -0.05) is 0 Å². The Kier molecular flexibility index (Phi) is 23.4. The maximum atomic E-state index is 12.4. The number of imide groups is 1. The SMILES string of the molecule is CC(C)(C)OC(=O)N1[C@@H](C(=O)CCl)C[C@@H]2C[C@@H]21.CCOC(=O)[C@H]1CCC(=O)N1C(=O)OC(C)(C)C.CCOC(=O)[C@H]1C[C@@H]2C[C@@H]2N1C(=O)OC(C)(C)C.CNc1nc([C@H]2C[C@@H]3C[C@@H]3N2)cs1.CNc1nc([C@H]2C[C@@H]3C[C@@H]3N2C(=O)OC(C)(C)C)cs1.Cl. The zero-order valence-corrected chi connectivity index (χ0v) is 56.6. The number of esters is 2. The number of amides is 5. The van der Waals surface area contributed by atoms with E-state index in [1.165, 1.54) is 18.5 Å². The Bertz CT molecular complexity index is 2770. The maximum absolute atomic E-state index is 12.4. The van der Waals surface area contributed by atoms with Crippen LogP contribution in [0.1, 0.15) is 185 Å². The molecule has 488 valence electrons. The summed E-state index contributed by atoms with van der Waals surface area (Å²) in [6.45, 7) is 25.8. The lowest BCUT2D eigenvalue weighted by Gasteiger charge is -2.29. The molecule has 4 aliphatic carbocycles. The number of hydrogen-bond donors (Lipinski definition) is 3. The Morgan fingerprint density at radius 1 is 0.575 bits per heavy atom. The monoisotopic (exact) mass is 1300 g/mol. The van der Waals surface area contributed by atoms with Crippen LogP contribution in [0.25, 0.3) is 0 Å². The van der Waals surface area contributed by atoms with E-state index >= 15 is 0 Å². The van der Waals surface area contributed by atoms with E-state index in [1.807, 2.05) is 86.7 Å². The van der Waals surface area contributed by atoms with Gasteiger partial charge in [-0.05, 0) is 178 Å². The minimum atomic E-state index is -0.854. The number of thiazole rings is 2. The molecule has 0 radical (unpaired) electrons. The van der Waals surface area contributed by atoms with Crippen LogP contribution in [-0.4, -0.2) is 175 Å². The summed E-state index contributed by atoms with van der Waals surface area (Å²) in [5.74, 6) is 1.11. The van der Waals surface area contributed by atoms with E-state index in [9.17, 15) is 38.4 Å². The van der Waals surface area contributed by atoms with Gasteiger partial charge in [0.2, 0.25) is 5.91 Å². The summed E-state index contributed by atoms with van der Waals surface area (Å²) in [6.07, 6.45) is 6.90. The van der Waals surface area contributed by atoms with Crippen LogP contribution in [0, 0.1) is 23.7 Å². The average molecular weight is 1300 g/mol. The van der Waals surface area contributed by atoms with Crippen molar-refractivity contribution in [2.75, 3.05) is 43.8 Å². The Morgan fingerprint density at radius 2 is 1.00 bits per heavy atom. The van der Waals surface area contributed by atoms with Crippen LogP contribution in [0.5, 0.6) is 0 Å². The number of ether oxygens (including phenoxy) is 6. The van der Waals surface area contributed by atoms with Crippen molar-refractivity contribution in [1.29, 1.82) is 0 Å². The summed E-state index contributed by atoms with van der Waals surface area (Å²) < 4.78 is 31.2. The number of hydrogen-bond acceptors (Lipinski definition) is 21. The molecule has 87 heavy (non-hydrogen) atoms. The third-order valence-electron chi connectivity index (χ3n) is 15.6. The number of likely N-dealkylation sites (tertiary alicyclic amines) is 4. The summed E-state index contributed by atoms with van der Waals surface area (Å²) >= 11 is 8.84. The number of nitrogens with one attached hydrogen (secondary N) is 3. The van der Waals surface area contributed by atoms with Gasteiger partial charge in [-0.15, -0.1) is 46.7 Å². The van der Waals surface area contributed by atoms with E-state index in [0.717, 1.165) is 64.9 Å². The van der Waals surface area contributed by atoms with Gasteiger partial charge in [0.25, 0.3) is 0 Å². The zero-order valence-electron chi connectivity index (χ0n) is 53.4. The quantitative estimate of drug-likeness (QED) is 0.113. The number of anilines is 2. The molecule has 27 heteroatoms. The summed E-state index contributed by atoms with van der Waals surface area (Å²) in [7, 11) is 3.78. The van der Waals surface area contributed by atoms with Crippen molar-refractivity contribution in [3.8, 4) is 0 Å². The molecule has 23 nitrogen and oxygen atoms in total. The third-order valence-corrected chi connectivity index (χ3v) is 17.6. The molecule has 5 aliphatic heterocycles. The van der Waals surface area contributed by atoms with E-state index in [1.54, 1.807) is 67.1 Å². The fourth-order valence-electron chi connectivity index (χ4n) is 11.5. The highest BCUT2D eigenvalue weighted by molar-refractivity contribution is 7.14. The normalized spacial score (nSPS) is 28.2. The van der Waals surface area contributed by atoms with Crippen molar-refractivity contribution in [3.63, 3.8) is 0 Å². The van der Waals surface area contributed by atoms with Gasteiger partial charge < -0.3 is 44.4 Å². The van der Waals surface area contributed by atoms with Gasteiger partial charge >= 0.3 is 36.3 Å². The van der Waals surface area contributed by atoms with Crippen molar-refractivity contribution in [3.05, 3.63) is 22.1 Å². The number of nitrogens with zero attached hydrogens (tertiary/aromatic N) is 6. The standard InChI is InChI=1S/C14H21N3O2S.C13H21NO4.C12H18ClNO3.C12H19NO5.C9H13N3S.ClH/c1-14(2,3)19-13(18)17-10-5-8(10)6-11(17)9-7-20-12(15-4)16-9;1-5-17-11(15)10-7-8-6-9(8)14(10)12(16)18-13(2,3)4;1-12(2,3)17-11(16)14-8-4-7(8)5-9(14)10(15)6-13;1-5-17-10(15)8-6-7-9(14)13(8)11(16)18-12(2,3)4;1-10-9-12-8(4-13-9)7-3-5-2-6(5)11-7;/h7-8,10-11H,5-6H2,1-4H3,(H,15,16);8-10H,5-7H2,1-4H3;7-9H,4-6H2,1-3H3;8H,5-7H2,1-4H3;4-7,11H,2-3H2,1H3,(H,10,12);1H/t8-,10-,11+;8-,9-,10+;7-,8-,9+;8-;5-,6-,7+;/m00010./s1. The van der Waals surface area contributed by atoms with Gasteiger partial charge in [-0.3, -0.25) is 24.3 Å². The number of alkyl halides is 1. The number of halogens is 2. The maximum Gasteiger partial charge on any atom is 0.417 e. The highest BCUT2D eigenvalue weighted by atomic mass is 35.5. The number of carbonyl (C=O) groups is 8. The molecule has 0 aromatic carbocycles. The largest absolute Gasteiger partial charge is 0.464 e. The van der Waals surface area contributed by atoms with E-state index in [2.05, 4.69) is 31.3 Å². The van der Waals surface area contributed by atoms with E-state index in [0.29, 0.717) is 42.9 Å². The first kappa shape index (κ1) is 70.8. The number of Topliss-reactive ketones (excluding diaryl/α,β-unsaturated/α-hetero) is 1. The van der Waals surface area contributed by atoms with E-state index in [-0.39, 0.29) is 85.8 Å². The van der Waals surface area contributed by atoms with Crippen LogP contribution in [0.4, 0.5) is 29.4 Å². The van der Waals surface area contributed by atoms with Gasteiger partial charge in [0.1, 0.15) is 34.5 Å². The Hall–Kier alpha value is -5.24. The molecule has 0 unspecified atom stereocenters. The predicted octanol–water partition coefficient (Wildman–Crippen LogP) is 10.9. The van der Waals surface area contributed by atoms with Crippen molar-refractivity contribution in [2.45, 2.75) is 238 Å². The molecule has 0 spiro atoms. The van der Waals surface area contributed by atoms with Crippen LogP contribution in [0.15, 0.2) is 10.8 Å². The lowest BCUT2D eigenvalue weighted by molar-refractivity contribution is -0.151. The molecule has 9 aliphatic rings. The molecule has 13 atom stereocenters. The van der Waals surface area contributed by atoms with Crippen LogP contribution in [0.3, 0.4) is 0 Å². The van der Waals surface area contributed by atoms with E-state index in [4.69, 9.17) is 40.0 Å². The molecule has 4 saturated carbocycles. The van der Waals surface area contributed by atoms with Gasteiger partial charge in [-0.25, -0.2) is 43.6 Å². The summed E-state index contributed by atoms with van der Waals surface area (Å²) in [4.78, 5) is 110. The fourth-order valence-corrected chi connectivity index (χ4v) is 13.2. The highest BCUT2D eigenvalue weighted by Gasteiger charge is 2.59. The minimum absolute atomic E-state index is 0. The van der Waals surface area contributed by atoms with E-state index < -0.39 is 58.6 Å². The third kappa shape index (κ3) is 19.1. The number of ketones is 1. The average Bonchev–Trinajstić information content (AvgIpc) is 1.67. The summed E-state index contributed by atoms with van der Waals surface area (Å²) in [5.41, 5.74) is -0.0209. The predicted molar refractivity (Wildman–Crippen MR) is 332 cm³/mol. The van der Waals surface area contributed by atoms with Gasteiger partial charge in [0, 0.05) is 55.4 Å². The molecular formula is C60H93Cl2N9O14S2. The molecular weight excluding hydrogens is 1210 g/mol. The van der Waals surface area contributed by atoms with Crippen LogP contribution in [-0.2, 0) is 47.6 Å². The second-order valence-electron chi connectivity index (χ2n) is 27.2. The Labute approximate surface area is 531 Å². The first-order chi connectivity index (χ1) is 40.2. The molecule has 7 heterocycles. The first-order valence-electron chi connectivity index (χ1n) is 30.2. The van der Waals surface area contributed by atoms with Gasteiger partial charge in [0.05, 0.1) is 48.6 Å². The van der Waals surface area contributed by atoms with Crippen molar-refractivity contribution < 1.29 is 66.8 Å². The smallest absolute Gasteiger partial charge is 0.417 e. The summed E-state index contributed by atoms with van der Waals surface area (Å²) in [5, 5.41) is 15.8. The molecule has 2 aromatic heterocycles. The lowest BCUT2D eigenvalue weighted by Crippen LogP contribution is -2.46. The summed E-state index contributed by atoms with van der Waals surface area (Å²) in [6, 6.07) is 0.464. The van der Waals surface area contributed by atoms with Gasteiger partial charge in [0.15, 0.2) is 16.0 Å². The Morgan fingerprint density at radius 3 is 1.45 bits per heavy atom. The van der Waals surface area contributed by atoms with Crippen molar-refractivity contribution >= 4 is 105 Å². The number of carbonyl (C=O) groups excluding carboxylic acids is 8. The van der Waals surface area contributed by atoms with Crippen LogP contribution >= 0.6 is 46.7 Å². The topological polar surface area (TPSA) is 267 Å². The molecule has 9 fully saturated rings. The molecule has 11 rings (SSSR count). The highest BCUT2D eigenvalue weighted by Crippen LogP contribution is 2.54. The molecule has 3 N–H and O–H groups in total. The Balaban J connectivity index is 0.000000174. The molecule has 2 aromatic rings. The zero-order chi connectivity index (χ0) is 63.5. The number of aromatic nitrogens is 2. The molecule has 5 amide bonds. The second kappa shape index (κ2) is 28.7. The molecule has 0 bridgehead atoms. The molecule has 5 saturated heterocycles. The van der Waals surface area contributed by atoms with Crippen molar-refractivity contribution in [2.24, 2.45) is 23.7 Å². The first-order valence-corrected chi connectivity index (χ1v) is 32.5. The minimum Gasteiger partial charge on any atom is -0.464 e. The lowest BCUT2D eigenvalue weighted by atomic mass is 10.1. The fraction of sp³-hybridized carbons (Fsp3) is 0.767. The van der Waals surface area contributed by atoms with Crippen molar-refractivity contribution in [1.82, 2.24) is 34.9 Å². The number of rotatable bonds is 10. The number of piperidine rings is 4. The van der Waals surface area contributed by atoms with Crippen LogP contribution < -0.4 is 16.0 Å². The van der Waals surface area contributed by atoms with Gasteiger partial charge in [-0.2, -0.15) is 0 Å². The second-order valence-corrected chi connectivity index (χ2v) is 29.2. The number of fused-ring (bicyclic) bond motifs is 4. The van der Waals surface area contributed by atoms with Crippen LogP contribution in [0.2, 0.25) is 0 Å².